The van der Waals surface area contributed by atoms with Gasteiger partial charge in [-0.1, -0.05) is 6.92 Å². The first-order chi connectivity index (χ1) is 7.65. The van der Waals surface area contributed by atoms with Crippen molar-refractivity contribution in [3.05, 3.63) is 23.3 Å². The summed E-state index contributed by atoms with van der Waals surface area (Å²) < 4.78 is 5.41. The molecule has 0 fully saturated rings. The van der Waals surface area contributed by atoms with Crippen molar-refractivity contribution in [1.29, 1.82) is 0 Å². The zero-order chi connectivity index (χ0) is 11.7. The molecule has 2 rings (SSSR count). The molecule has 3 N–H and O–H groups in total. The van der Waals surface area contributed by atoms with Crippen molar-refractivity contribution < 1.29 is 14.3 Å². The molecule has 5 nitrogen and oxygen atoms in total. The highest BCUT2D eigenvalue weighted by Crippen LogP contribution is 2.32. The second kappa shape index (κ2) is 3.84. The molecule has 0 unspecified atom stereocenters. The number of carbonyl (C=O) groups excluding carboxylic acids is 2. The average Bonchev–Trinajstić information content (AvgIpc) is 2.53. The van der Waals surface area contributed by atoms with E-state index in [1.807, 2.05) is 6.92 Å². The van der Waals surface area contributed by atoms with Gasteiger partial charge < -0.3 is 10.5 Å². The molecular weight excluding hydrogens is 208 g/mol. The molecule has 2 amide bonds. The number of hydrogen-bond acceptors (Lipinski definition) is 4. The molecule has 0 bridgehead atoms. The van der Waals surface area contributed by atoms with Gasteiger partial charge in [0, 0.05) is 0 Å². The summed E-state index contributed by atoms with van der Waals surface area (Å²) in [7, 11) is 0. The van der Waals surface area contributed by atoms with Crippen LogP contribution in [0.4, 0.5) is 5.69 Å². The Labute approximate surface area is 92.6 Å². The number of fused-ring (bicyclic) bond motifs is 1. The summed E-state index contributed by atoms with van der Waals surface area (Å²) in [5.74, 6) is -0.539. The highest BCUT2D eigenvalue weighted by Gasteiger charge is 2.31. The molecule has 1 aliphatic rings. The number of nitrogen functional groups attached to an aromatic ring is 1. The second-order valence-electron chi connectivity index (χ2n) is 3.54. The summed E-state index contributed by atoms with van der Waals surface area (Å²) in [6.45, 7) is 2.41. The zero-order valence-corrected chi connectivity index (χ0v) is 8.87. The SMILES string of the molecule is CCCOc1c(N)ccc2c1C(=O)NC2=O. The topological polar surface area (TPSA) is 81.4 Å². The molecule has 5 heteroatoms. The van der Waals surface area contributed by atoms with E-state index in [1.165, 1.54) is 6.07 Å². The van der Waals surface area contributed by atoms with Gasteiger partial charge in [0.15, 0.2) is 5.75 Å². The molecule has 1 aromatic carbocycles. The van der Waals surface area contributed by atoms with Crippen molar-refractivity contribution in [2.75, 3.05) is 12.3 Å². The summed E-state index contributed by atoms with van der Waals surface area (Å²) in [5.41, 5.74) is 6.67. The maximum absolute atomic E-state index is 11.5. The summed E-state index contributed by atoms with van der Waals surface area (Å²) in [4.78, 5) is 22.9. The minimum absolute atomic E-state index is 0.249. The first kappa shape index (κ1) is 10.5. The number of anilines is 1. The van der Waals surface area contributed by atoms with Crippen molar-refractivity contribution in [2.24, 2.45) is 0 Å². The van der Waals surface area contributed by atoms with Gasteiger partial charge in [0.2, 0.25) is 0 Å². The average molecular weight is 220 g/mol. The third kappa shape index (κ3) is 1.50. The van der Waals surface area contributed by atoms with Crippen molar-refractivity contribution >= 4 is 17.5 Å². The fourth-order valence-electron chi connectivity index (χ4n) is 1.61. The van der Waals surface area contributed by atoms with Crippen LogP contribution in [0, 0.1) is 0 Å². The number of imide groups is 1. The number of amides is 2. The molecule has 1 aromatic rings. The van der Waals surface area contributed by atoms with Gasteiger partial charge in [-0.2, -0.15) is 0 Å². The lowest BCUT2D eigenvalue weighted by molar-refractivity contribution is 0.0878. The van der Waals surface area contributed by atoms with E-state index in [-0.39, 0.29) is 5.56 Å². The number of carbonyl (C=O) groups is 2. The predicted molar refractivity (Wildman–Crippen MR) is 58.4 cm³/mol. The number of benzene rings is 1. The van der Waals surface area contributed by atoms with E-state index in [2.05, 4.69) is 5.32 Å². The quantitative estimate of drug-likeness (QED) is 0.586. The predicted octanol–water partition coefficient (Wildman–Crippen LogP) is 0.941. The second-order valence-corrected chi connectivity index (χ2v) is 3.54. The van der Waals surface area contributed by atoms with Crippen LogP contribution in [0.25, 0.3) is 0 Å². The Morgan fingerprint density at radius 1 is 1.31 bits per heavy atom. The van der Waals surface area contributed by atoms with Crippen LogP contribution in [-0.2, 0) is 0 Å². The summed E-state index contributed by atoms with van der Waals surface area (Å²) in [6.07, 6.45) is 0.804. The minimum Gasteiger partial charge on any atom is -0.491 e. The fraction of sp³-hybridized carbons (Fsp3) is 0.273. The standard InChI is InChI=1S/C11H12N2O3/c1-2-5-16-9-7(12)4-3-6-8(9)11(15)13-10(6)14/h3-4H,2,5,12H2,1H3,(H,13,14,15). The molecule has 1 heterocycles. The van der Waals surface area contributed by atoms with Crippen molar-refractivity contribution in [1.82, 2.24) is 5.32 Å². The number of hydrogen-bond donors (Lipinski definition) is 2. The Kier molecular flexibility index (Phi) is 2.52. The Balaban J connectivity index is 2.51. The van der Waals surface area contributed by atoms with Crippen LogP contribution in [0.1, 0.15) is 34.1 Å². The van der Waals surface area contributed by atoms with Gasteiger partial charge in [0.1, 0.15) is 0 Å². The number of ether oxygens (including phenoxy) is 1. The molecule has 84 valence electrons. The van der Waals surface area contributed by atoms with Crippen LogP contribution in [0.3, 0.4) is 0 Å². The van der Waals surface area contributed by atoms with Crippen LogP contribution in [-0.4, -0.2) is 18.4 Å². The summed E-state index contributed by atoms with van der Waals surface area (Å²) in [6, 6.07) is 3.10. The highest BCUT2D eigenvalue weighted by molar-refractivity contribution is 6.23. The lowest BCUT2D eigenvalue weighted by atomic mass is 10.1. The van der Waals surface area contributed by atoms with E-state index < -0.39 is 11.8 Å². The largest absolute Gasteiger partial charge is 0.491 e. The lowest BCUT2D eigenvalue weighted by Crippen LogP contribution is -2.20. The molecule has 0 aromatic heterocycles. The zero-order valence-electron chi connectivity index (χ0n) is 8.87. The van der Waals surface area contributed by atoms with Crippen LogP contribution in [0.5, 0.6) is 5.75 Å². The lowest BCUT2D eigenvalue weighted by Gasteiger charge is -2.10. The first-order valence-corrected chi connectivity index (χ1v) is 5.06. The summed E-state index contributed by atoms with van der Waals surface area (Å²) in [5, 5.41) is 2.21. The van der Waals surface area contributed by atoms with Crippen molar-refractivity contribution in [2.45, 2.75) is 13.3 Å². The summed E-state index contributed by atoms with van der Waals surface area (Å²) >= 11 is 0. The van der Waals surface area contributed by atoms with Gasteiger partial charge in [-0.3, -0.25) is 14.9 Å². The van der Waals surface area contributed by atoms with E-state index in [0.29, 0.717) is 23.6 Å². The van der Waals surface area contributed by atoms with E-state index in [4.69, 9.17) is 10.5 Å². The Bertz CT molecular complexity index is 469. The first-order valence-electron chi connectivity index (χ1n) is 5.06. The van der Waals surface area contributed by atoms with E-state index in [1.54, 1.807) is 6.07 Å². The maximum Gasteiger partial charge on any atom is 0.262 e. The molecule has 0 aliphatic carbocycles. The van der Waals surface area contributed by atoms with E-state index >= 15 is 0 Å². The van der Waals surface area contributed by atoms with Crippen LogP contribution < -0.4 is 15.8 Å². The van der Waals surface area contributed by atoms with E-state index in [0.717, 1.165) is 6.42 Å². The van der Waals surface area contributed by atoms with E-state index in [9.17, 15) is 9.59 Å². The van der Waals surface area contributed by atoms with Crippen LogP contribution in [0.15, 0.2) is 12.1 Å². The molecular formula is C11H12N2O3. The van der Waals surface area contributed by atoms with Crippen molar-refractivity contribution in [3.8, 4) is 5.75 Å². The van der Waals surface area contributed by atoms with Crippen LogP contribution in [0.2, 0.25) is 0 Å². The number of rotatable bonds is 3. The van der Waals surface area contributed by atoms with Crippen molar-refractivity contribution in [3.63, 3.8) is 0 Å². The highest BCUT2D eigenvalue weighted by atomic mass is 16.5. The molecule has 0 spiro atoms. The molecule has 0 saturated carbocycles. The van der Waals surface area contributed by atoms with Gasteiger partial charge in [0.05, 0.1) is 23.4 Å². The smallest absolute Gasteiger partial charge is 0.262 e. The maximum atomic E-state index is 11.5. The van der Waals surface area contributed by atoms with Gasteiger partial charge in [-0.25, -0.2) is 0 Å². The third-order valence-electron chi connectivity index (χ3n) is 2.34. The van der Waals surface area contributed by atoms with Crippen LogP contribution >= 0.6 is 0 Å². The molecule has 1 aliphatic heterocycles. The number of nitrogens with two attached hydrogens (primary N) is 1. The molecule has 0 radical (unpaired) electrons. The molecule has 0 saturated heterocycles. The normalized spacial score (nSPS) is 13.6. The molecule has 0 atom stereocenters. The molecule has 16 heavy (non-hydrogen) atoms. The monoisotopic (exact) mass is 220 g/mol. The Hall–Kier alpha value is -2.04. The van der Waals surface area contributed by atoms with Gasteiger partial charge in [-0.15, -0.1) is 0 Å². The van der Waals surface area contributed by atoms with Gasteiger partial charge in [0.25, 0.3) is 11.8 Å². The minimum atomic E-state index is -0.446. The van der Waals surface area contributed by atoms with Gasteiger partial charge >= 0.3 is 0 Å². The third-order valence-corrected chi connectivity index (χ3v) is 2.34. The Morgan fingerprint density at radius 2 is 2.06 bits per heavy atom. The fourth-order valence-corrected chi connectivity index (χ4v) is 1.61. The Morgan fingerprint density at radius 3 is 2.75 bits per heavy atom. The van der Waals surface area contributed by atoms with Gasteiger partial charge in [-0.05, 0) is 18.6 Å². The number of nitrogens with one attached hydrogen (secondary N) is 1.